The van der Waals surface area contributed by atoms with Crippen LogP contribution in [0.1, 0.15) is 28.2 Å². The predicted octanol–water partition coefficient (Wildman–Crippen LogP) is 3.29. The van der Waals surface area contributed by atoms with E-state index in [0.29, 0.717) is 11.0 Å². The molecule has 1 aromatic rings. The molecule has 76 valence electrons. The fourth-order valence-corrected chi connectivity index (χ4v) is 1.38. The largest absolute Gasteiger partial charge is 0.274 e. The van der Waals surface area contributed by atoms with Gasteiger partial charge in [-0.05, 0) is 23.7 Å². The lowest BCUT2D eigenvalue weighted by molar-refractivity contribution is 0.106. The number of hydrogen-bond acceptors (Lipinski definition) is 2. The first-order valence-corrected chi connectivity index (χ1v) is 5.10. The van der Waals surface area contributed by atoms with Crippen molar-refractivity contribution < 1.29 is 13.6 Å². The quantitative estimate of drug-likeness (QED) is 0.630. The molecule has 1 aromatic heterocycles. The van der Waals surface area contributed by atoms with Crippen LogP contribution < -0.4 is 0 Å². The molecule has 0 aliphatic heterocycles. The lowest BCUT2D eigenvalue weighted by atomic mass is 10.2. The zero-order valence-corrected chi connectivity index (χ0v) is 9.15. The Labute approximate surface area is 92.4 Å². The van der Waals surface area contributed by atoms with Gasteiger partial charge in [-0.3, -0.25) is 4.79 Å². The highest BCUT2D eigenvalue weighted by Crippen LogP contribution is 2.23. The average Bonchev–Trinajstić information content (AvgIpc) is 2.16. The number of rotatable bonds is 3. The Balaban J connectivity index is 3.24. The van der Waals surface area contributed by atoms with E-state index in [9.17, 15) is 13.6 Å². The number of alkyl halides is 3. The van der Waals surface area contributed by atoms with Crippen molar-refractivity contribution in [1.29, 1.82) is 0 Å². The van der Waals surface area contributed by atoms with Crippen LogP contribution in [0.5, 0.6) is 0 Å². The van der Waals surface area contributed by atoms with Gasteiger partial charge in [0.05, 0.1) is 5.69 Å². The fraction of sp³-hybridized carbons (Fsp3) is 0.250. The van der Waals surface area contributed by atoms with E-state index in [1.807, 2.05) is 0 Å². The monoisotopic (exact) mass is 283 g/mol. The van der Waals surface area contributed by atoms with Crippen molar-refractivity contribution in [3.05, 3.63) is 29.1 Å². The number of halogens is 4. The van der Waals surface area contributed by atoms with E-state index in [-0.39, 0.29) is 5.69 Å². The maximum atomic E-state index is 12.4. The Bertz CT molecular complexity index is 359. The van der Waals surface area contributed by atoms with Crippen molar-refractivity contribution >= 4 is 32.8 Å². The van der Waals surface area contributed by atoms with Gasteiger partial charge >= 0.3 is 0 Å². The van der Waals surface area contributed by atoms with Gasteiger partial charge in [0.25, 0.3) is 11.7 Å². The van der Waals surface area contributed by atoms with Gasteiger partial charge in [-0.25, -0.2) is 13.8 Å². The molecule has 0 aliphatic rings. The van der Waals surface area contributed by atoms with Gasteiger partial charge in [-0.15, -0.1) is 0 Å². The Morgan fingerprint density at radius 1 is 1.57 bits per heavy atom. The fourth-order valence-electron chi connectivity index (χ4n) is 0.918. The lowest BCUT2D eigenvalue weighted by Gasteiger charge is -2.05. The van der Waals surface area contributed by atoms with Gasteiger partial charge in [-0.2, -0.15) is 0 Å². The molecule has 0 atom stereocenters. The Morgan fingerprint density at radius 2 is 2.21 bits per heavy atom. The summed E-state index contributed by atoms with van der Waals surface area (Å²) in [6.45, 7) is 0. The van der Waals surface area contributed by atoms with Crippen molar-refractivity contribution in [1.82, 2.24) is 4.98 Å². The Morgan fingerprint density at radius 3 is 2.64 bits per heavy atom. The van der Waals surface area contributed by atoms with Crippen LogP contribution in [-0.2, 0) is 5.33 Å². The third-order valence-corrected chi connectivity index (χ3v) is 2.30. The van der Waals surface area contributed by atoms with Crippen molar-refractivity contribution in [3.63, 3.8) is 0 Å². The molecule has 1 rings (SSSR count). The molecule has 0 bridgehead atoms. The number of hydrogen-bond donors (Lipinski definition) is 0. The number of carbonyl (C=O) groups is 1. The van der Waals surface area contributed by atoms with E-state index >= 15 is 0 Å². The zero-order chi connectivity index (χ0) is 10.7. The summed E-state index contributed by atoms with van der Waals surface area (Å²) in [6.07, 6.45) is -2.75. The maximum absolute atomic E-state index is 12.4. The van der Waals surface area contributed by atoms with Crippen LogP contribution in [0.15, 0.2) is 12.1 Å². The van der Waals surface area contributed by atoms with Gasteiger partial charge < -0.3 is 0 Å². The summed E-state index contributed by atoms with van der Waals surface area (Å²) in [6, 6.07) is 2.57. The molecule has 0 saturated heterocycles. The normalized spacial score (nSPS) is 10.6. The minimum absolute atomic E-state index is 0.376. The molecule has 0 spiro atoms. The molecule has 0 unspecified atom stereocenters. The zero-order valence-electron chi connectivity index (χ0n) is 6.81. The lowest BCUT2D eigenvalue weighted by Crippen LogP contribution is -2.03. The van der Waals surface area contributed by atoms with Crippen LogP contribution in [0.2, 0.25) is 0 Å². The SMILES string of the molecule is O=C(Cl)c1nc(CBr)ccc1C(F)F. The number of pyridine rings is 1. The first-order chi connectivity index (χ1) is 6.56. The van der Waals surface area contributed by atoms with Gasteiger partial charge in [0.1, 0.15) is 5.69 Å². The smallest absolute Gasteiger partial charge is 0.271 e. The average molecular weight is 284 g/mol. The second-order valence-corrected chi connectivity index (χ2v) is 3.35. The van der Waals surface area contributed by atoms with Crippen LogP contribution in [0.4, 0.5) is 8.78 Å². The van der Waals surface area contributed by atoms with Crippen LogP contribution in [-0.4, -0.2) is 10.2 Å². The molecule has 14 heavy (non-hydrogen) atoms. The standard InChI is InChI=1S/C8H5BrClF2NO/c9-3-4-1-2-5(8(11)12)6(13-4)7(10)14/h1-2,8H,3H2. The third kappa shape index (κ3) is 2.48. The predicted molar refractivity (Wildman–Crippen MR) is 52.0 cm³/mol. The van der Waals surface area contributed by atoms with Gasteiger partial charge in [0.15, 0.2) is 0 Å². The summed E-state index contributed by atoms with van der Waals surface area (Å²) in [7, 11) is 0. The highest BCUT2D eigenvalue weighted by molar-refractivity contribution is 9.08. The van der Waals surface area contributed by atoms with E-state index in [2.05, 4.69) is 20.9 Å². The van der Waals surface area contributed by atoms with Gasteiger partial charge in [-0.1, -0.05) is 15.9 Å². The van der Waals surface area contributed by atoms with Crippen LogP contribution in [0, 0.1) is 0 Å². The summed E-state index contributed by atoms with van der Waals surface area (Å²) >= 11 is 8.23. The van der Waals surface area contributed by atoms with Crippen LogP contribution >= 0.6 is 27.5 Å². The number of carbonyl (C=O) groups excluding carboxylic acids is 1. The topological polar surface area (TPSA) is 30.0 Å². The van der Waals surface area contributed by atoms with E-state index in [1.54, 1.807) is 0 Å². The molecule has 6 heteroatoms. The van der Waals surface area contributed by atoms with E-state index in [4.69, 9.17) is 11.6 Å². The van der Waals surface area contributed by atoms with Crippen molar-refractivity contribution in [3.8, 4) is 0 Å². The Hall–Kier alpha value is -0.550. The molecule has 0 N–H and O–H groups in total. The molecule has 2 nitrogen and oxygen atoms in total. The highest BCUT2D eigenvalue weighted by Gasteiger charge is 2.18. The van der Waals surface area contributed by atoms with Gasteiger partial charge in [0.2, 0.25) is 0 Å². The molecule has 0 radical (unpaired) electrons. The molecule has 0 fully saturated rings. The molecule has 0 amide bonds. The second-order valence-electron chi connectivity index (χ2n) is 2.45. The minimum Gasteiger partial charge on any atom is -0.274 e. The third-order valence-electron chi connectivity index (χ3n) is 1.54. The number of aromatic nitrogens is 1. The maximum Gasteiger partial charge on any atom is 0.271 e. The van der Waals surface area contributed by atoms with Crippen LogP contribution in [0.25, 0.3) is 0 Å². The van der Waals surface area contributed by atoms with E-state index < -0.39 is 17.2 Å². The summed E-state index contributed by atoms with van der Waals surface area (Å²) in [5.41, 5.74) is -0.327. The molecule has 1 heterocycles. The molecule has 0 aliphatic carbocycles. The Kier molecular flexibility index (Phi) is 3.95. The summed E-state index contributed by atoms with van der Waals surface area (Å²) < 4.78 is 24.7. The first kappa shape index (κ1) is 11.5. The minimum atomic E-state index is -2.75. The summed E-state index contributed by atoms with van der Waals surface area (Å²) in [4.78, 5) is 14.5. The van der Waals surface area contributed by atoms with Crippen molar-refractivity contribution in [2.45, 2.75) is 11.8 Å². The molecular weight excluding hydrogens is 279 g/mol. The van der Waals surface area contributed by atoms with Gasteiger partial charge in [0, 0.05) is 10.9 Å². The van der Waals surface area contributed by atoms with Crippen molar-refractivity contribution in [2.24, 2.45) is 0 Å². The van der Waals surface area contributed by atoms with Crippen molar-refractivity contribution in [2.75, 3.05) is 0 Å². The van der Waals surface area contributed by atoms with Crippen LogP contribution in [0.3, 0.4) is 0 Å². The van der Waals surface area contributed by atoms with E-state index in [1.165, 1.54) is 6.07 Å². The molecule has 0 aromatic carbocycles. The first-order valence-electron chi connectivity index (χ1n) is 3.60. The molecular formula is C8H5BrClF2NO. The van der Waals surface area contributed by atoms with E-state index in [0.717, 1.165) is 6.07 Å². The number of nitrogens with zero attached hydrogens (tertiary/aromatic N) is 1. The summed E-state index contributed by atoms with van der Waals surface area (Å²) in [5.74, 6) is 0. The second kappa shape index (κ2) is 4.79. The summed E-state index contributed by atoms with van der Waals surface area (Å²) in [5, 5.41) is -0.587. The molecule has 0 saturated carbocycles. The highest BCUT2D eigenvalue weighted by atomic mass is 79.9.